The first-order valence-electron chi connectivity index (χ1n) is 8.18. The van der Waals surface area contributed by atoms with Crippen molar-refractivity contribution in [1.29, 1.82) is 0 Å². The third-order valence-electron chi connectivity index (χ3n) is 4.50. The molecule has 1 saturated heterocycles. The number of aromatic hydroxyl groups is 1. The number of benzene rings is 1. The molecule has 4 rings (SSSR count). The number of hydrogen-bond donors (Lipinski definition) is 1. The van der Waals surface area contributed by atoms with Crippen molar-refractivity contribution >= 4 is 16.3 Å². The molecule has 1 aliphatic rings. The Hall–Kier alpha value is -1.99. The first-order valence-corrected chi connectivity index (χ1v) is 8.99. The van der Waals surface area contributed by atoms with E-state index in [0.717, 1.165) is 36.4 Å². The fraction of sp³-hybridized carbons (Fsp3) is 0.412. The van der Waals surface area contributed by atoms with E-state index in [1.165, 1.54) is 34.4 Å². The first kappa shape index (κ1) is 15.5. The molecule has 126 valence electrons. The molecule has 1 N–H and O–H groups in total. The summed E-state index contributed by atoms with van der Waals surface area (Å²) in [6, 6.07) is 6.46. The number of aryl methyl sites for hydroxylation is 1. The van der Waals surface area contributed by atoms with Crippen molar-refractivity contribution in [3.05, 3.63) is 46.3 Å². The fourth-order valence-electron chi connectivity index (χ4n) is 3.38. The molecule has 0 saturated carbocycles. The van der Waals surface area contributed by atoms with Gasteiger partial charge in [0, 0.05) is 0 Å². The van der Waals surface area contributed by atoms with Crippen molar-refractivity contribution in [3.8, 4) is 5.88 Å². The van der Waals surface area contributed by atoms with Gasteiger partial charge in [0.25, 0.3) is 0 Å². The summed E-state index contributed by atoms with van der Waals surface area (Å²) in [5.74, 6) is 0.522. The van der Waals surface area contributed by atoms with Crippen LogP contribution in [0.5, 0.6) is 5.88 Å². The number of thiazole rings is 1. The summed E-state index contributed by atoms with van der Waals surface area (Å²) in [5.41, 5.74) is 0.981. The summed E-state index contributed by atoms with van der Waals surface area (Å²) < 4.78 is 14.8. The molecule has 0 unspecified atom stereocenters. The minimum Gasteiger partial charge on any atom is -0.492 e. The van der Waals surface area contributed by atoms with Gasteiger partial charge in [0.2, 0.25) is 10.8 Å². The van der Waals surface area contributed by atoms with E-state index in [9.17, 15) is 9.50 Å². The normalized spacial score (nSPS) is 17.4. The van der Waals surface area contributed by atoms with Gasteiger partial charge in [-0.25, -0.2) is 9.37 Å². The highest BCUT2D eigenvalue weighted by Crippen LogP contribution is 2.40. The third kappa shape index (κ3) is 2.67. The average Bonchev–Trinajstić information content (AvgIpc) is 3.09. The van der Waals surface area contributed by atoms with Crippen molar-refractivity contribution in [3.63, 3.8) is 0 Å². The van der Waals surface area contributed by atoms with Crippen LogP contribution in [0.15, 0.2) is 24.3 Å². The van der Waals surface area contributed by atoms with Crippen LogP contribution in [-0.4, -0.2) is 37.7 Å². The van der Waals surface area contributed by atoms with Crippen molar-refractivity contribution < 1.29 is 9.50 Å². The zero-order valence-electron chi connectivity index (χ0n) is 13.4. The number of rotatable bonds is 3. The molecule has 1 aliphatic heterocycles. The van der Waals surface area contributed by atoms with Gasteiger partial charge in [0.1, 0.15) is 11.6 Å². The molecule has 0 bridgehead atoms. The van der Waals surface area contributed by atoms with E-state index >= 15 is 0 Å². The highest BCUT2D eigenvalue weighted by molar-refractivity contribution is 7.17. The quantitative estimate of drug-likeness (QED) is 0.788. The number of piperidine rings is 1. The van der Waals surface area contributed by atoms with Gasteiger partial charge < -0.3 is 5.11 Å². The average molecular weight is 346 g/mol. The second kappa shape index (κ2) is 6.14. The van der Waals surface area contributed by atoms with Gasteiger partial charge in [-0.3, -0.25) is 4.90 Å². The molecule has 1 atom stereocenters. The van der Waals surface area contributed by atoms with Gasteiger partial charge in [-0.2, -0.15) is 4.52 Å². The lowest BCUT2D eigenvalue weighted by atomic mass is 10.0. The topological polar surface area (TPSA) is 53.7 Å². The molecule has 0 aliphatic carbocycles. The minimum absolute atomic E-state index is 0.0975. The molecule has 0 amide bonds. The van der Waals surface area contributed by atoms with Crippen molar-refractivity contribution in [2.45, 2.75) is 32.2 Å². The molecule has 0 radical (unpaired) electrons. The van der Waals surface area contributed by atoms with Gasteiger partial charge in [0.15, 0.2) is 0 Å². The first-order chi connectivity index (χ1) is 11.6. The summed E-state index contributed by atoms with van der Waals surface area (Å²) in [6.45, 7) is 3.74. The summed E-state index contributed by atoms with van der Waals surface area (Å²) in [5, 5.41) is 14.9. The van der Waals surface area contributed by atoms with Crippen LogP contribution in [0.25, 0.3) is 4.96 Å². The Morgan fingerprint density at radius 2 is 1.88 bits per heavy atom. The maximum atomic E-state index is 13.4. The molecule has 1 aromatic carbocycles. The summed E-state index contributed by atoms with van der Waals surface area (Å²) in [6.07, 6.45) is 3.50. The standard InChI is InChI=1S/C17H19FN4OS/c1-11-19-17-22(20-11)16(23)15(24-17)14(21-9-3-2-4-10-21)12-5-7-13(18)8-6-12/h5-8,14,23H,2-4,9-10H2,1H3/t14-/m1/s1. The van der Waals surface area contributed by atoms with Gasteiger partial charge in [-0.15, -0.1) is 5.10 Å². The second-order valence-electron chi connectivity index (χ2n) is 6.19. The van der Waals surface area contributed by atoms with Gasteiger partial charge in [-0.05, 0) is 50.6 Å². The largest absolute Gasteiger partial charge is 0.492 e. The van der Waals surface area contributed by atoms with Crippen LogP contribution in [0.3, 0.4) is 0 Å². The van der Waals surface area contributed by atoms with E-state index in [1.54, 1.807) is 19.1 Å². The van der Waals surface area contributed by atoms with Gasteiger partial charge in [-0.1, -0.05) is 29.9 Å². The number of fused-ring (bicyclic) bond motifs is 1. The van der Waals surface area contributed by atoms with Gasteiger partial charge in [0.05, 0.1) is 10.9 Å². The Labute approximate surface area is 143 Å². The SMILES string of the molecule is Cc1nc2sc([C@@H](c3ccc(F)cc3)N3CCCCC3)c(O)n2n1. The number of aromatic nitrogens is 3. The monoisotopic (exact) mass is 346 g/mol. The van der Waals surface area contributed by atoms with Crippen LogP contribution in [-0.2, 0) is 0 Å². The van der Waals surface area contributed by atoms with E-state index < -0.39 is 0 Å². The van der Waals surface area contributed by atoms with Crippen molar-refractivity contribution in [2.24, 2.45) is 0 Å². The lowest BCUT2D eigenvalue weighted by Crippen LogP contribution is -2.34. The van der Waals surface area contributed by atoms with E-state index in [4.69, 9.17) is 0 Å². The number of hydrogen-bond acceptors (Lipinski definition) is 5. The fourth-order valence-corrected chi connectivity index (χ4v) is 4.54. The lowest BCUT2D eigenvalue weighted by Gasteiger charge is -2.34. The predicted octanol–water partition coefficient (Wildman–Crippen LogP) is 3.52. The van der Waals surface area contributed by atoms with Crippen LogP contribution >= 0.6 is 11.3 Å². The number of halogens is 1. The van der Waals surface area contributed by atoms with Crippen LogP contribution in [0, 0.1) is 12.7 Å². The Bertz CT molecular complexity index is 851. The molecular formula is C17H19FN4OS. The summed E-state index contributed by atoms with van der Waals surface area (Å²) in [7, 11) is 0. The summed E-state index contributed by atoms with van der Waals surface area (Å²) in [4.78, 5) is 8.22. The Kier molecular flexibility index (Phi) is 3.97. The van der Waals surface area contributed by atoms with E-state index in [1.807, 2.05) is 0 Å². The van der Waals surface area contributed by atoms with Crippen LogP contribution in [0.4, 0.5) is 4.39 Å². The molecular weight excluding hydrogens is 327 g/mol. The number of likely N-dealkylation sites (tertiary alicyclic amines) is 1. The third-order valence-corrected chi connectivity index (χ3v) is 5.57. The second-order valence-corrected chi connectivity index (χ2v) is 7.20. The molecule has 0 spiro atoms. The zero-order chi connectivity index (χ0) is 16.7. The van der Waals surface area contributed by atoms with Crippen molar-refractivity contribution in [2.75, 3.05) is 13.1 Å². The van der Waals surface area contributed by atoms with E-state index in [0.29, 0.717) is 10.8 Å². The van der Waals surface area contributed by atoms with Crippen LogP contribution < -0.4 is 0 Å². The molecule has 3 aromatic rings. The molecule has 3 heterocycles. The molecule has 5 nitrogen and oxygen atoms in total. The Morgan fingerprint density at radius 3 is 2.54 bits per heavy atom. The Balaban J connectivity index is 1.82. The van der Waals surface area contributed by atoms with Crippen molar-refractivity contribution in [1.82, 2.24) is 19.5 Å². The maximum Gasteiger partial charge on any atom is 0.230 e. The van der Waals surface area contributed by atoms with E-state index in [2.05, 4.69) is 15.0 Å². The minimum atomic E-state index is -0.251. The lowest BCUT2D eigenvalue weighted by molar-refractivity contribution is 0.186. The number of nitrogens with zero attached hydrogens (tertiary/aromatic N) is 4. The zero-order valence-corrected chi connectivity index (χ0v) is 14.3. The van der Waals surface area contributed by atoms with Crippen LogP contribution in [0.2, 0.25) is 0 Å². The maximum absolute atomic E-state index is 13.4. The molecule has 2 aromatic heterocycles. The highest BCUT2D eigenvalue weighted by atomic mass is 32.1. The highest BCUT2D eigenvalue weighted by Gasteiger charge is 2.30. The smallest absolute Gasteiger partial charge is 0.230 e. The molecule has 1 fully saturated rings. The Morgan fingerprint density at radius 1 is 1.17 bits per heavy atom. The van der Waals surface area contributed by atoms with E-state index in [-0.39, 0.29) is 17.7 Å². The predicted molar refractivity (Wildman–Crippen MR) is 90.9 cm³/mol. The van der Waals surface area contributed by atoms with Crippen LogP contribution in [0.1, 0.15) is 41.6 Å². The molecule has 24 heavy (non-hydrogen) atoms. The summed E-state index contributed by atoms with van der Waals surface area (Å²) >= 11 is 1.45. The van der Waals surface area contributed by atoms with Gasteiger partial charge >= 0.3 is 0 Å². The molecule has 7 heteroatoms.